The standard InChI is InChI=1S/C37H20N2O4.CO2/c1-19-7-9-21(10-8-19)39-36(42)28-17-13-24-22-11-15-26-32-27(35(41)38(34(26)40)20-5-3-2-4-6-20)16-12-23(30(22)32)25-14-18-29(37(39)43)33(28)31(24)25;2-1-3/h2-18H,1H3;. The molecule has 7 aromatic rings. The van der Waals surface area contributed by atoms with E-state index >= 15 is 0 Å². The Morgan fingerprint density at radius 1 is 0.413 bits per heavy atom. The van der Waals surface area contributed by atoms with Crippen LogP contribution in [0.4, 0.5) is 11.4 Å². The van der Waals surface area contributed by atoms with Gasteiger partial charge in [0.1, 0.15) is 0 Å². The van der Waals surface area contributed by atoms with Crippen molar-refractivity contribution in [3.63, 3.8) is 0 Å². The molecular formula is C38H20N2O6. The summed E-state index contributed by atoms with van der Waals surface area (Å²) in [6, 6.07) is 31.1. The van der Waals surface area contributed by atoms with Crippen LogP contribution in [0.1, 0.15) is 47.0 Å². The molecule has 0 aromatic heterocycles. The molecule has 4 amide bonds. The summed E-state index contributed by atoms with van der Waals surface area (Å²) in [5.41, 5.74) is 3.95. The molecule has 7 aromatic carbocycles. The Morgan fingerprint density at radius 3 is 1.09 bits per heavy atom. The van der Waals surface area contributed by atoms with Crippen LogP contribution >= 0.6 is 0 Å². The van der Waals surface area contributed by atoms with Crippen LogP contribution in [0.5, 0.6) is 0 Å². The third-order valence-corrected chi connectivity index (χ3v) is 8.94. The van der Waals surface area contributed by atoms with Gasteiger partial charge < -0.3 is 0 Å². The number of rotatable bonds is 2. The van der Waals surface area contributed by atoms with Gasteiger partial charge >= 0.3 is 6.15 Å². The second-order valence-electron chi connectivity index (χ2n) is 11.3. The first-order valence-electron chi connectivity index (χ1n) is 14.4. The molecule has 0 radical (unpaired) electrons. The third-order valence-electron chi connectivity index (χ3n) is 8.94. The van der Waals surface area contributed by atoms with Gasteiger partial charge in [0.2, 0.25) is 0 Å². The molecule has 2 aliphatic heterocycles. The van der Waals surface area contributed by atoms with E-state index in [9.17, 15) is 19.2 Å². The van der Waals surface area contributed by atoms with Gasteiger partial charge in [0.05, 0.1) is 11.4 Å². The SMILES string of the molecule is Cc1ccc(N2C(=O)c3ccc4c5ccc6c7c(ccc(c8ccc(c3c48)C2=O)c75)C(=O)N(c2ccccc2)C6=O)cc1.O=C=O. The minimum Gasteiger partial charge on any atom is -0.268 e. The van der Waals surface area contributed by atoms with E-state index in [1.807, 2.05) is 49.4 Å². The largest absolute Gasteiger partial charge is 0.373 e. The van der Waals surface area contributed by atoms with E-state index in [0.717, 1.165) is 37.9 Å². The number of benzene rings is 7. The van der Waals surface area contributed by atoms with Crippen LogP contribution in [0.3, 0.4) is 0 Å². The van der Waals surface area contributed by atoms with E-state index in [4.69, 9.17) is 9.59 Å². The molecule has 0 atom stereocenters. The first kappa shape index (κ1) is 27.1. The molecule has 46 heavy (non-hydrogen) atoms. The average Bonchev–Trinajstić information content (AvgIpc) is 3.07. The molecule has 0 bridgehead atoms. The fourth-order valence-electron chi connectivity index (χ4n) is 7.01. The number of anilines is 2. The van der Waals surface area contributed by atoms with Crippen LogP contribution in [0.25, 0.3) is 43.1 Å². The molecule has 0 fully saturated rings. The fourth-order valence-corrected chi connectivity index (χ4v) is 7.01. The van der Waals surface area contributed by atoms with Crippen molar-refractivity contribution in [1.82, 2.24) is 0 Å². The highest BCUT2D eigenvalue weighted by atomic mass is 16.2. The lowest BCUT2D eigenvalue weighted by Crippen LogP contribution is -2.40. The zero-order valence-corrected chi connectivity index (χ0v) is 24.2. The Bertz CT molecular complexity index is 2410. The lowest BCUT2D eigenvalue weighted by Gasteiger charge is -2.30. The number of hydrogen-bond donors (Lipinski definition) is 0. The zero-order valence-electron chi connectivity index (χ0n) is 24.2. The minimum atomic E-state index is -0.365. The smallest absolute Gasteiger partial charge is 0.268 e. The van der Waals surface area contributed by atoms with Gasteiger partial charge in [0.25, 0.3) is 23.6 Å². The molecule has 0 N–H and O–H groups in total. The molecule has 0 unspecified atom stereocenters. The van der Waals surface area contributed by atoms with E-state index in [-0.39, 0.29) is 29.8 Å². The highest BCUT2D eigenvalue weighted by molar-refractivity contribution is 6.45. The van der Waals surface area contributed by atoms with Crippen molar-refractivity contribution >= 4 is 84.2 Å². The molecule has 0 aliphatic carbocycles. The molecule has 8 nitrogen and oxygen atoms in total. The van der Waals surface area contributed by atoms with Gasteiger partial charge in [-0.2, -0.15) is 9.59 Å². The summed E-state index contributed by atoms with van der Waals surface area (Å²) in [6.07, 6.45) is 0.250. The molecule has 0 spiro atoms. The van der Waals surface area contributed by atoms with Gasteiger partial charge in [-0.05, 0) is 87.8 Å². The molecule has 0 saturated carbocycles. The Labute approximate surface area is 260 Å². The van der Waals surface area contributed by atoms with Crippen molar-refractivity contribution in [2.45, 2.75) is 6.92 Å². The molecule has 8 heteroatoms. The Morgan fingerprint density at radius 2 is 0.739 bits per heavy atom. The van der Waals surface area contributed by atoms with Crippen molar-refractivity contribution < 1.29 is 28.8 Å². The van der Waals surface area contributed by atoms with Gasteiger partial charge in [-0.15, -0.1) is 0 Å². The summed E-state index contributed by atoms with van der Waals surface area (Å²) < 4.78 is 0. The van der Waals surface area contributed by atoms with Crippen LogP contribution in [-0.4, -0.2) is 29.8 Å². The van der Waals surface area contributed by atoms with E-state index in [2.05, 4.69) is 0 Å². The number of para-hydroxylation sites is 1. The number of carbonyl (C=O) groups excluding carboxylic acids is 6. The van der Waals surface area contributed by atoms with E-state index < -0.39 is 0 Å². The van der Waals surface area contributed by atoms with Gasteiger partial charge in [-0.3, -0.25) is 19.2 Å². The molecule has 0 saturated heterocycles. The summed E-state index contributed by atoms with van der Waals surface area (Å²) in [4.78, 5) is 74.0. The van der Waals surface area contributed by atoms with E-state index in [1.54, 1.807) is 60.7 Å². The predicted molar refractivity (Wildman–Crippen MR) is 173 cm³/mol. The summed E-state index contributed by atoms with van der Waals surface area (Å²) in [5, 5.41) is 6.37. The topological polar surface area (TPSA) is 109 Å². The van der Waals surface area contributed by atoms with E-state index in [1.165, 1.54) is 9.80 Å². The normalized spacial score (nSPS) is 13.9. The molecule has 2 aliphatic rings. The van der Waals surface area contributed by atoms with Gasteiger partial charge in [-0.25, -0.2) is 9.80 Å². The van der Waals surface area contributed by atoms with Gasteiger partial charge in [0.15, 0.2) is 0 Å². The maximum atomic E-state index is 13.8. The Kier molecular flexibility index (Phi) is 5.74. The molecule has 2 heterocycles. The number of imide groups is 2. The van der Waals surface area contributed by atoms with Crippen LogP contribution < -0.4 is 9.80 Å². The van der Waals surface area contributed by atoms with Crippen molar-refractivity contribution in [2.75, 3.05) is 9.80 Å². The number of aryl methyl sites for hydroxylation is 1. The number of fused-ring (bicyclic) bond motifs is 2. The highest BCUT2D eigenvalue weighted by Crippen LogP contribution is 2.46. The highest BCUT2D eigenvalue weighted by Gasteiger charge is 2.37. The molecule has 218 valence electrons. The van der Waals surface area contributed by atoms with Crippen molar-refractivity contribution in [2.24, 2.45) is 0 Å². The maximum absolute atomic E-state index is 13.8. The van der Waals surface area contributed by atoms with Crippen LogP contribution in [0.15, 0.2) is 103 Å². The Balaban J connectivity index is 0.00000100. The summed E-state index contributed by atoms with van der Waals surface area (Å²) >= 11 is 0. The minimum absolute atomic E-state index is 0.250. The number of amides is 4. The number of nitrogens with zero attached hydrogens (tertiary/aromatic N) is 2. The van der Waals surface area contributed by atoms with Crippen molar-refractivity contribution in [3.05, 3.63) is 131 Å². The summed E-state index contributed by atoms with van der Waals surface area (Å²) in [5.74, 6) is -1.46. The second-order valence-corrected chi connectivity index (χ2v) is 11.3. The molecule has 9 rings (SSSR count). The van der Waals surface area contributed by atoms with Gasteiger partial charge in [0, 0.05) is 33.0 Å². The van der Waals surface area contributed by atoms with Crippen molar-refractivity contribution in [3.8, 4) is 0 Å². The third kappa shape index (κ3) is 3.50. The average molecular weight is 601 g/mol. The predicted octanol–water partition coefficient (Wildman–Crippen LogP) is 7.06. The monoisotopic (exact) mass is 600 g/mol. The molecular weight excluding hydrogens is 580 g/mol. The first-order chi connectivity index (χ1) is 22.3. The first-order valence-corrected chi connectivity index (χ1v) is 14.4. The van der Waals surface area contributed by atoms with Gasteiger partial charge in [-0.1, -0.05) is 60.2 Å². The van der Waals surface area contributed by atoms with Crippen LogP contribution in [0.2, 0.25) is 0 Å². The Hall–Kier alpha value is -6.50. The second kappa shape index (κ2) is 9.75. The number of carbonyl (C=O) groups is 4. The van der Waals surface area contributed by atoms with E-state index in [0.29, 0.717) is 44.4 Å². The zero-order chi connectivity index (χ0) is 31.9. The van der Waals surface area contributed by atoms with Crippen LogP contribution in [0, 0.1) is 6.92 Å². The fraction of sp³-hybridized carbons (Fsp3) is 0.0263. The quantitative estimate of drug-likeness (QED) is 0.119. The summed E-state index contributed by atoms with van der Waals surface area (Å²) in [6.45, 7) is 1.96. The summed E-state index contributed by atoms with van der Waals surface area (Å²) in [7, 11) is 0. The lowest BCUT2D eigenvalue weighted by molar-refractivity contribution is -0.191. The maximum Gasteiger partial charge on any atom is 0.373 e. The lowest BCUT2D eigenvalue weighted by atomic mass is 9.82. The van der Waals surface area contributed by atoms with Crippen LogP contribution in [-0.2, 0) is 9.59 Å². The van der Waals surface area contributed by atoms with Crippen molar-refractivity contribution in [1.29, 1.82) is 0 Å². The number of hydrogen-bond acceptors (Lipinski definition) is 6.